The summed E-state index contributed by atoms with van der Waals surface area (Å²) in [4.78, 5) is 11.4. The summed E-state index contributed by atoms with van der Waals surface area (Å²) in [6.45, 7) is 5.95. The lowest BCUT2D eigenvalue weighted by Crippen LogP contribution is -2.34. The van der Waals surface area contributed by atoms with Crippen molar-refractivity contribution >= 4 is 44.9 Å². The molecule has 0 atom stereocenters. The molecule has 1 aromatic carbocycles. The number of benzene rings is 1. The predicted molar refractivity (Wildman–Crippen MR) is 82.9 cm³/mol. The van der Waals surface area contributed by atoms with Crippen molar-refractivity contribution in [1.82, 2.24) is 5.32 Å². The SMILES string of the molecule is CCCC(=O)NC(=S)Nc1c(C)cc(Br)cc1C. The number of rotatable bonds is 3. The lowest BCUT2D eigenvalue weighted by atomic mass is 10.1. The first-order valence-electron chi connectivity index (χ1n) is 5.81. The number of hydrogen-bond acceptors (Lipinski definition) is 2. The zero-order valence-electron chi connectivity index (χ0n) is 10.8. The van der Waals surface area contributed by atoms with Gasteiger partial charge in [0.2, 0.25) is 5.91 Å². The molecule has 0 aliphatic carbocycles. The molecule has 0 aliphatic rings. The molecule has 2 N–H and O–H groups in total. The Morgan fingerprint density at radius 2 is 1.89 bits per heavy atom. The van der Waals surface area contributed by atoms with Gasteiger partial charge in [0.15, 0.2) is 5.11 Å². The zero-order chi connectivity index (χ0) is 13.7. The fraction of sp³-hybridized carbons (Fsp3) is 0.385. The van der Waals surface area contributed by atoms with E-state index < -0.39 is 0 Å². The smallest absolute Gasteiger partial charge is 0.226 e. The average molecular weight is 329 g/mol. The monoisotopic (exact) mass is 328 g/mol. The Labute approximate surface area is 121 Å². The molecule has 1 aromatic rings. The zero-order valence-corrected chi connectivity index (χ0v) is 13.2. The van der Waals surface area contributed by atoms with Crippen LogP contribution in [0.2, 0.25) is 0 Å². The Balaban J connectivity index is 2.73. The van der Waals surface area contributed by atoms with Gasteiger partial charge in [-0.3, -0.25) is 4.79 Å². The largest absolute Gasteiger partial charge is 0.332 e. The van der Waals surface area contributed by atoms with Crippen molar-refractivity contribution in [2.75, 3.05) is 5.32 Å². The molecule has 0 fully saturated rings. The van der Waals surface area contributed by atoms with Gasteiger partial charge in [-0.1, -0.05) is 22.9 Å². The van der Waals surface area contributed by atoms with Crippen LogP contribution in [-0.2, 0) is 4.79 Å². The van der Waals surface area contributed by atoms with Crippen molar-refractivity contribution in [3.63, 3.8) is 0 Å². The minimum Gasteiger partial charge on any atom is -0.332 e. The molecule has 0 bridgehead atoms. The Morgan fingerprint density at radius 1 is 1.33 bits per heavy atom. The van der Waals surface area contributed by atoms with Crippen LogP contribution in [-0.4, -0.2) is 11.0 Å². The summed E-state index contributed by atoms with van der Waals surface area (Å²) < 4.78 is 1.03. The highest BCUT2D eigenvalue weighted by Gasteiger charge is 2.08. The van der Waals surface area contributed by atoms with Crippen LogP contribution in [0.25, 0.3) is 0 Å². The van der Waals surface area contributed by atoms with E-state index in [9.17, 15) is 4.79 Å². The summed E-state index contributed by atoms with van der Waals surface area (Å²) in [5.74, 6) is -0.0533. The number of amides is 1. The van der Waals surface area contributed by atoms with Gasteiger partial charge in [0.25, 0.3) is 0 Å². The second-order valence-corrected chi connectivity index (χ2v) is 5.49. The van der Waals surface area contributed by atoms with Crippen LogP contribution in [0.1, 0.15) is 30.9 Å². The van der Waals surface area contributed by atoms with Crippen molar-refractivity contribution in [3.05, 3.63) is 27.7 Å². The normalized spacial score (nSPS) is 10.0. The van der Waals surface area contributed by atoms with Crippen LogP contribution in [0.3, 0.4) is 0 Å². The molecule has 3 nitrogen and oxygen atoms in total. The van der Waals surface area contributed by atoms with Crippen molar-refractivity contribution in [1.29, 1.82) is 0 Å². The molecular formula is C13H17BrN2OS. The van der Waals surface area contributed by atoms with Crippen LogP contribution >= 0.6 is 28.1 Å². The molecule has 0 radical (unpaired) electrons. The van der Waals surface area contributed by atoms with Crippen LogP contribution in [0.5, 0.6) is 0 Å². The number of hydrogen-bond donors (Lipinski definition) is 2. The molecule has 1 rings (SSSR count). The summed E-state index contributed by atoms with van der Waals surface area (Å²) in [6, 6.07) is 4.01. The van der Waals surface area contributed by atoms with Gasteiger partial charge in [0.05, 0.1) is 0 Å². The molecule has 0 saturated carbocycles. The minimum atomic E-state index is -0.0533. The van der Waals surface area contributed by atoms with Gasteiger partial charge in [0, 0.05) is 16.6 Å². The lowest BCUT2D eigenvalue weighted by molar-refractivity contribution is -0.119. The molecule has 0 spiro atoms. The topological polar surface area (TPSA) is 41.1 Å². The molecule has 1 amide bonds. The minimum absolute atomic E-state index is 0.0533. The van der Waals surface area contributed by atoms with Gasteiger partial charge in [-0.25, -0.2) is 0 Å². The van der Waals surface area contributed by atoms with E-state index in [1.54, 1.807) is 0 Å². The van der Waals surface area contributed by atoms with Gasteiger partial charge >= 0.3 is 0 Å². The molecule has 0 unspecified atom stereocenters. The van der Waals surface area contributed by atoms with Gasteiger partial charge in [-0.05, 0) is 55.7 Å². The standard InChI is InChI=1S/C13H17BrN2OS/c1-4-5-11(17)15-13(18)16-12-8(2)6-10(14)7-9(12)3/h6-7H,4-5H2,1-3H3,(H2,15,16,17,18). The second-order valence-electron chi connectivity index (χ2n) is 4.17. The number of nitrogens with one attached hydrogen (secondary N) is 2. The molecule has 0 heterocycles. The maximum atomic E-state index is 11.4. The molecule has 0 aromatic heterocycles. The summed E-state index contributed by atoms with van der Waals surface area (Å²) in [6.07, 6.45) is 1.30. The highest BCUT2D eigenvalue weighted by molar-refractivity contribution is 9.10. The first-order valence-corrected chi connectivity index (χ1v) is 7.01. The Hall–Kier alpha value is -0.940. The highest BCUT2D eigenvalue weighted by atomic mass is 79.9. The molecule has 98 valence electrons. The van der Waals surface area contributed by atoms with E-state index in [0.717, 1.165) is 27.7 Å². The number of thiocarbonyl (C=S) groups is 1. The van der Waals surface area contributed by atoms with Crippen molar-refractivity contribution in [2.24, 2.45) is 0 Å². The molecule has 0 saturated heterocycles. The van der Waals surface area contributed by atoms with E-state index in [1.807, 2.05) is 32.9 Å². The van der Waals surface area contributed by atoms with Crippen LogP contribution < -0.4 is 10.6 Å². The summed E-state index contributed by atoms with van der Waals surface area (Å²) >= 11 is 8.57. The van der Waals surface area contributed by atoms with Gasteiger partial charge < -0.3 is 10.6 Å². The maximum absolute atomic E-state index is 11.4. The van der Waals surface area contributed by atoms with E-state index in [2.05, 4.69) is 26.6 Å². The number of carbonyl (C=O) groups excluding carboxylic acids is 1. The second kappa shape index (κ2) is 6.85. The van der Waals surface area contributed by atoms with Crippen LogP contribution in [0, 0.1) is 13.8 Å². The van der Waals surface area contributed by atoms with Gasteiger partial charge in [-0.15, -0.1) is 0 Å². The van der Waals surface area contributed by atoms with E-state index in [-0.39, 0.29) is 5.91 Å². The summed E-state index contributed by atoms with van der Waals surface area (Å²) in [7, 11) is 0. The average Bonchev–Trinajstić information content (AvgIpc) is 2.23. The number of carbonyl (C=O) groups is 1. The molecule has 0 aliphatic heterocycles. The number of aryl methyl sites for hydroxylation is 2. The van der Waals surface area contributed by atoms with Crippen molar-refractivity contribution in [2.45, 2.75) is 33.6 Å². The third kappa shape index (κ3) is 4.38. The Kier molecular flexibility index (Phi) is 5.75. The van der Waals surface area contributed by atoms with E-state index in [1.165, 1.54) is 0 Å². The molecule has 5 heteroatoms. The van der Waals surface area contributed by atoms with Gasteiger partial charge in [0.1, 0.15) is 0 Å². The first-order chi connectivity index (χ1) is 8.43. The number of halogens is 1. The quantitative estimate of drug-likeness (QED) is 0.831. The third-order valence-electron chi connectivity index (χ3n) is 2.47. The van der Waals surface area contributed by atoms with Gasteiger partial charge in [-0.2, -0.15) is 0 Å². The van der Waals surface area contributed by atoms with E-state index in [0.29, 0.717) is 11.5 Å². The van der Waals surface area contributed by atoms with Crippen LogP contribution in [0.15, 0.2) is 16.6 Å². The van der Waals surface area contributed by atoms with Crippen molar-refractivity contribution < 1.29 is 4.79 Å². The predicted octanol–water partition coefficient (Wildman–Crippen LogP) is 3.68. The lowest BCUT2D eigenvalue weighted by Gasteiger charge is -2.14. The van der Waals surface area contributed by atoms with E-state index >= 15 is 0 Å². The molecular weight excluding hydrogens is 312 g/mol. The number of anilines is 1. The fourth-order valence-electron chi connectivity index (χ4n) is 1.67. The fourth-order valence-corrected chi connectivity index (χ4v) is 2.57. The highest BCUT2D eigenvalue weighted by Crippen LogP contribution is 2.24. The van der Waals surface area contributed by atoms with Crippen molar-refractivity contribution in [3.8, 4) is 0 Å². The van der Waals surface area contributed by atoms with Crippen LogP contribution in [0.4, 0.5) is 5.69 Å². The summed E-state index contributed by atoms with van der Waals surface area (Å²) in [5.41, 5.74) is 3.10. The molecule has 18 heavy (non-hydrogen) atoms. The Bertz CT molecular complexity index is 451. The third-order valence-corrected chi connectivity index (χ3v) is 3.13. The maximum Gasteiger partial charge on any atom is 0.226 e. The van der Waals surface area contributed by atoms with E-state index in [4.69, 9.17) is 12.2 Å². The first kappa shape index (κ1) is 15.1. The summed E-state index contributed by atoms with van der Waals surface area (Å²) in [5, 5.41) is 6.09. The Morgan fingerprint density at radius 3 is 2.39 bits per heavy atom.